The monoisotopic (exact) mass is 270 g/mol. The molecule has 2 aromatic rings. The van der Waals surface area contributed by atoms with Crippen LogP contribution in [-0.4, -0.2) is 0 Å². The minimum absolute atomic E-state index is 1.22. The van der Waals surface area contributed by atoms with Crippen LogP contribution >= 0.6 is 11.8 Å². The van der Waals surface area contributed by atoms with Crippen molar-refractivity contribution in [2.45, 2.75) is 48.8 Å². The van der Waals surface area contributed by atoms with Crippen molar-refractivity contribution in [3.63, 3.8) is 0 Å². The van der Waals surface area contributed by atoms with Crippen LogP contribution in [0.4, 0.5) is 0 Å². The molecular weight excluding hydrogens is 248 g/mol. The zero-order valence-corrected chi connectivity index (χ0v) is 12.5. The predicted octanol–water partition coefficient (Wildman–Crippen LogP) is 5.96. The van der Waals surface area contributed by atoms with E-state index in [9.17, 15) is 0 Å². The highest BCUT2D eigenvalue weighted by Gasteiger charge is 1.98. The molecule has 0 atom stereocenters. The third-order valence-electron chi connectivity index (χ3n) is 3.22. The molecule has 0 bridgehead atoms. The number of aryl methyl sites for hydroxylation is 1. The van der Waals surface area contributed by atoms with Crippen LogP contribution in [0.25, 0.3) is 0 Å². The van der Waals surface area contributed by atoms with Gasteiger partial charge in [0.05, 0.1) is 0 Å². The Morgan fingerprint density at radius 2 is 1.42 bits per heavy atom. The van der Waals surface area contributed by atoms with Gasteiger partial charge in [0.1, 0.15) is 0 Å². The van der Waals surface area contributed by atoms with Crippen molar-refractivity contribution in [2.24, 2.45) is 0 Å². The minimum atomic E-state index is 1.22. The SMILES string of the molecule is CCCCCCc1ccc(Sc2ccccc2)cc1. The van der Waals surface area contributed by atoms with E-state index < -0.39 is 0 Å². The van der Waals surface area contributed by atoms with Gasteiger partial charge in [-0.1, -0.05) is 68.3 Å². The van der Waals surface area contributed by atoms with Gasteiger partial charge in [-0.2, -0.15) is 0 Å². The fraction of sp³-hybridized carbons (Fsp3) is 0.333. The van der Waals surface area contributed by atoms with Crippen LogP contribution in [-0.2, 0) is 6.42 Å². The molecule has 0 spiro atoms. The molecule has 0 aliphatic rings. The molecule has 100 valence electrons. The summed E-state index contributed by atoms with van der Waals surface area (Å²) in [6.07, 6.45) is 6.57. The third-order valence-corrected chi connectivity index (χ3v) is 4.24. The van der Waals surface area contributed by atoms with Gasteiger partial charge < -0.3 is 0 Å². The van der Waals surface area contributed by atoms with Crippen molar-refractivity contribution in [3.05, 3.63) is 60.2 Å². The van der Waals surface area contributed by atoms with Gasteiger partial charge in [0, 0.05) is 9.79 Å². The first kappa shape index (κ1) is 14.2. The van der Waals surface area contributed by atoms with Crippen LogP contribution in [0.3, 0.4) is 0 Å². The molecule has 2 rings (SSSR count). The molecule has 1 heteroatoms. The van der Waals surface area contributed by atoms with E-state index in [4.69, 9.17) is 0 Å². The number of hydrogen-bond donors (Lipinski definition) is 0. The normalized spacial score (nSPS) is 10.6. The zero-order chi connectivity index (χ0) is 13.3. The molecule has 0 nitrogen and oxygen atoms in total. The van der Waals surface area contributed by atoms with E-state index in [1.165, 1.54) is 47.5 Å². The van der Waals surface area contributed by atoms with Crippen molar-refractivity contribution in [2.75, 3.05) is 0 Å². The van der Waals surface area contributed by atoms with E-state index in [1.807, 2.05) is 11.8 Å². The van der Waals surface area contributed by atoms with Gasteiger partial charge in [0.25, 0.3) is 0 Å². The van der Waals surface area contributed by atoms with Gasteiger partial charge in [-0.25, -0.2) is 0 Å². The summed E-state index contributed by atoms with van der Waals surface area (Å²) in [5.74, 6) is 0. The molecule has 0 fully saturated rings. The van der Waals surface area contributed by atoms with Crippen LogP contribution in [0.1, 0.15) is 38.2 Å². The number of hydrogen-bond acceptors (Lipinski definition) is 1. The molecule has 0 saturated carbocycles. The van der Waals surface area contributed by atoms with Gasteiger partial charge in [-0.15, -0.1) is 0 Å². The first-order valence-electron chi connectivity index (χ1n) is 7.20. The quantitative estimate of drug-likeness (QED) is 0.559. The predicted molar refractivity (Wildman–Crippen MR) is 84.9 cm³/mol. The summed E-state index contributed by atoms with van der Waals surface area (Å²) in [7, 11) is 0. The lowest BCUT2D eigenvalue weighted by Crippen LogP contribution is -1.85. The largest absolute Gasteiger partial charge is 0.0901 e. The maximum atomic E-state index is 2.28. The van der Waals surface area contributed by atoms with Crippen LogP contribution in [0, 0.1) is 0 Å². The van der Waals surface area contributed by atoms with E-state index in [0.29, 0.717) is 0 Å². The summed E-state index contributed by atoms with van der Waals surface area (Å²) >= 11 is 1.83. The van der Waals surface area contributed by atoms with Crippen LogP contribution in [0.15, 0.2) is 64.4 Å². The van der Waals surface area contributed by atoms with Crippen molar-refractivity contribution < 1.29 is 0 Å². The highest BCUT2D eigenvalue weighted by atomic mass is 32.2. The Morgan fingerprint density at radius 1 is 0.737 bits per heavy atom. The van der Waals surface area contributed by atoms with Crippen LogP contribution in [0.2, 0.25) is 0 Å². The molecule has 0 aliphatic carbocycles. The summed E-state index contributed by atoms with van der Waals surface area (Å²) in [6.45, 7) is 2.26. The molecule has 0 aromatic heterocycles. The summed E-state index contributed by atoms with van der Waals surface area (Å²) < 4.78 is 0. The van der Waals surface area contributed by atoms with E-state index >= 15 is 0 Å². The Balaban J connectivity index is 1.84. The lowest BCUT2D eigenvalue weighted by atomic mass is 10.1. The standard InChI is InChI=1S/C18H22S/c1-2-3-4-6-9-16-12-14-18(15-13-16)19-17-10-7-5-8-11-17/h5,7-8,10-15H,2-4,6,9H2,1H3. The van der Waals surface area contributed by atoms with Crippen molar-refractivity contribution in [3.8, 4) is 0 Å². The lowest BCUT2D eigenvalue weighted by Gasteiger charge is -2.04. The molecule has 0 N–H and O–H groups in total. The Labute approximate surface area is 121 Å². The molecule has 19 heavy (non-hydrogen) atoms. The smallest absolute Gasteiger partial charge is 0.0122 e. The molecule has 0 amide bonds. The van der Waals surface area contributed by atoms with Gasteiger partial charge in [-0.3, -0.25) is 0 Å². The third kappa shape index (κ3) is 5.12. The highest BCUT2D eigenvalue weighted by molar-refractivity contribution is 7.99. The van der Waals surface area contributed by atoms with E-state index in [1.54, 1.807) is 0 Å². The molecule has 2 aromatic carbocycles. The molecule has 0 aliphatic heterocycles. The maximum Gasteiger partial charge on any atom is 0.0122 e. The fourth-order valence-corrected chi connectivity index (χ4v) is 2.94. The second kappa shape index (κ2) is 8.06. The zero-order valence-electron chi connectivity index (χ0n) is 11.6. The summed E-state index contributed by atoms with van der Waals surface area (Å²) in [5.41, 5.74) is 1.47. The van der Waals surface area contributed by atoms with E-state index in [2.05, 4.69) is 61.5 Å². The lowest BCUT2D eigenvalue weighted by molar-refractivity contribution is 0.667. The van der Waals surface area contributed by atoms with Crippen LogP contribution < -0.4 is 0 Å². The van der Waals surface area contributed by atoms with Crippen molar-refractivity contribution >= 4 is 11.8 Å². The highest BCUT2D eigenvalue weighted by Crippen LogP contribution is 2.27. The van der Waals surface area contributed by atoms with Gasteiger partial charge in [0.15, 0.2) is 0 Å². The average Bonchev–Trinajstić information content (AvgIpc) is 2.46. The van der Waals surface area contributed by atoms with Gasteiger partial charge in [0.2, 0.25) is 0 Å². The fourth-order valence-electron chi connectivity index (χ4n) is 2.10. The second-order valence-corrected chi connectivity index (χ2v) is 6.02. The Kier molecular flexibility index (Phi) is 6.03. The summed E-state index contributed by atoms with van der Waals surface area (Å²) in [6, 6.07) is 19.6. The topological polar surface area (TPSA) is 0 Å². The Bertz CT molecular complexity index is 459. The van der Waals surface area contributed by atoms with Crippen LogP contribution in [0.5, 0.6) is 0 Å². The molecule has 0 unspecified atom stereocenters. The van der Waals surface area contributed by atoms with E-state index in [0.717, 1.165) is 0 Å². The first-order chi connectivity index (χ1) is 9.38. The van der Waals surface area contributed by atoms with Gasteiger partial charge >= 0.3 is 0 Å². The average molecular weight is 270 g/mol. The molecule has 0 radical (unpaired) electrons. The molecule has 0 saturated heterocycles. The number of unbranched alkanes of at least 4 members (excludes halogenated alkanes) is 3. The first-order valence-corrected chi connectivity index (χ1v) is 8.02. The van der Waals surface area contributed by atoms with Crippen molar-refractivity contribution in [1.29, 1.82) is 0 Å². The van der Waals surface area contributed by atoms with Crippen molar-refractivity contribution in [1.82, 2.24) is 0 Å². The summed E-state index contributed by atoms with van der Waals surface area (Å²) in [4.78, 5) is 2.63. The molecular formula is C18H22S. The summed E-state index contributed by atoms with van der Waals surface area (Å²) in [5, 5.41) is 0. The Hall–Kier alpha value is -1.21. The minimum Gasteiger partial charge on any atom is -0.0901 e. The van der Waals surface area contributed by atoms with Gasteiger partial charge in [-0.05, 0) is 42.7 Å². The number of rotatable bonds is 7. The second-order valence-electron chi connectivity index (χ2n) is 4.87. The molecule has 0 heterocycles. The maximum absolute atomic E-state index is 2.28. The Morgan fingerprint density at radius 3 is 2.11 bits per heavy atom. The van der Waals surface area contributed by atoms with E-state index in [-0.39, 0.29) is 0 Å². The number of benzene rings is 2.